The Bertz CT molecular complexity index is 393. The average Bonchev–Trinajstić information content (AvgIpc) is 2.30. The van der Waals surface area contributed by atoms with Crippen LogP contribution in [-0.2, 0) is 6.54 Å². The summed E-state index contributed by atoms with van der Waals surface area (Å²) in [5.41, 5.74) is 6.25. The number of benzene rings is 1. The maximum Gasteiger partial charge on any atom is 0.166 e. The third-order valence-corrected chi connectivity index (χ3v) is 2.28. The van der Waals surface area contributed by atoms with E-state index >= 15 is 0 Å². The number of nitrogens with two attached hydrogens (primary N) is 2. The van der Waals surface area contributed by atoms with Gasteiger partial charge in [-0.15, -0.1) is 0 Å². The fourth-order valence-corrected chi connectivity index (χ4v) is 1.62. The van der Waals surface area contributed by atoms with Crippen molar-refractivity contribution >= 4 is 0 Å². The molecule has 0 unspecified atom stereocenters. The van der Waals surface area contributed by atoms with Gasteiger partial charge in [-0.25, -0.2) is 5.84 Å². The number of nitrogens with zero attached hydrogens (tertiary/aromatic N) is 1. The Labute approximate surface area is 94.2 Å². The van der Waals surface area contributed by atoms with Crippen LogP contribution in [0.1, 0.15) is 5.56 Å². The first-order chi connectivity index (χ1) is 7.81. The molecule has 1 aromatic rings. The second-order valence-corrected chi connectivity index (χ2v) is 3.46. The van der Waals surface area contributed by atoms with Crippen LogP contribution in [0.3, 0.4) is 0 Å². The highest BCUT2D eigenvalue weighted by Gasteiger charge is 2.15. The predicted octanol–water partition coefficient (Wildman–Crippen LogP) is 0.563. The van der Waals surface area contributed by atoms with Gasteiger partial charge in [0.1, 0.15) is 13.2 Å². The lowest BCUT2D eigenvalue weighted by Gasteiger charge is -2.22. The van der Waals surface area contributed by atoms with Crippen molar-refractivity contribution in [2.75, 3.05) is 13.2 Å². The Hall–Kier alpha value is -1.88. The molecule has 0 amide bonds. The number of hydrogen-bond acceptors (Lipinski definition) is 5. The Morgan fingerprint density at radius 1 is 1.31 bits per heavy atom. The van der Waals surface area contributed by atoms with Gasteiger partial charge in [0.05, 0.1) is 6.54 Å². The molecule has 1 aromatic carbocycles. The summed E-state index contributed by atoms with van der Waals surface area (Å²) in [5, 5.41) is 1.49. The third-order valence-electron chi connectivity index (χ3n) is 2.28. The van der Waals surface area contributed by atoms with Crippen LogP contribution in [0.4, 0.5) is 0 Å². The summed E-state index contributed by atoms with van der Waals surface area (Å²) in [5.74, 6) is 7.26. The van der Waals surface area contributed by atoms with Crippen LogP contribution >= 0.6 is 0 Å². The summed E-state index contributed by atoms with van der Waals surface area (Å²) >= 11 is 0. The van der Waals surface area contributed by atoms with Crippen LogP contribution in [0.5, 0.6) is 11.5 Å². The first-order valence-electron chi connectivity index (χ1n) is 5.08. The van der Waals surface area contributed by atoms with E-state index in [0.717, 1.165) is 17.1 Å². The average molecular weight is 221 g/mol. The Morgan fingerprint density at radius 3 is 2.94 bits per heavy atom. The molecule has 0 saturated carbocycles. The molecule has 0 fully saturated rings. The van der Waals surface area contributed by atoms with Crippen LogP contribution in [0, 0.1) is 0 Å². The molecule has 16 heavy (non-hydrogen) atoms. The summed E-state index contributed by atoms with van der Waals surface area (Å²) in [6, 6.07) is 5.76. The number of para-hydroxylation sites is 1. The molecule has 0 atom stereocenters. The first-order valence-corrected chi connectivity index (χ1v) is 5.08. The van der Waals surface area contributed by atoms with Gasteiger partial charge >= 0.3 is 0 Å². The zero-order valence-corrected chi connectivity index (χ0v) is 8.93. The quantitative estimate of drug-likeness (QED) is 0.576. The lowest BCUT2D eigenvalue weighted by Crippen LogP contribution is -2.25. The highest BCUT2D eigenvalue weighted by Crippen LogP contribution is 2.33. The fraction of sp³-hybridized carbons (Fsp3) is 0.273. The number of fused-ring (bicyclic) bond motifs is 1. The van der Waals surface area contributed by atoms with E-state index in [2.05, 4.69) is 0 Å². The molecule has 5 nitrogen and oxygen atoms in total. The van der Waals surface area contributed by atoms with Gasteiger partial charge in [0.25, 0.3) is 0 Å². The number of hydrazine groups is 1. The summed E-state index contributed by atoms with van der Waals surface area (Å²) in [7, 11) is 0. The van der Waals surface area contributed by atoms with Gasteiger partial charge in [-0.05, 0) is 6.07 Å². The Kier molecular flexibility index (Phi) is 3.16. The van der Waals surface area contributed by atoms with E-state index in [9.17, 15) is 0 Å². The second kappa shape index (κ2) is 4.76. The predicted molar refractivity (Wildman–Crippen MR) is 60.5 cm³/mol. The van der Waals surface area contributed by atoms with Crippen molar-refractivity contribution < 1.29 is 9.47 Å². The van der Waals surface area contributed by atoms with E-state index in [1.54, 1.807) is 6.20 Å². The molecular weight excluding hydrogens is 206 g/mol. The lowest BCUT2D eigenvalue weighted by atomic mass is 10.1. The molecule has 0 spiro atoms. The van der Waals surface area contributed by atoms with Crippen molar-refractivity contribution in [2.24, 2.45) is 11.6 Å². The van der Waals surface area contributed by atoms with Crippen molar-refractivity contribution in [3.05, 3.63) is 36.2 Å². The van der Waals surface area contributed by atoms with Gasteiger partial charge in [0.15, 0.2) is 11.5 Å². The molecule has 0 bridgehead atoms. The van der Waals surface area contributed by atoms with E-state index in [1.165, 1.54) is 11.2 Å². The smallest absolute Gasteiger partial charge is 0.166 e. The van der Waals surface area contributed by atoms with Gasteiger partial charge in [0.2, 0.25) is 0 Å². The number of rotatable bonds is 3. The minimum atomic E-state index is 0.528. The Balaban J connectivity index is 2.20. The lowest BCUT2D eigenvalue weighted by molar-refractivity contribution is 0.168. The van der Waals surface area contributed by atoms with E-state index < -0.39 is 0 Å². The molecule has 0 aromatic heterocycles. The molecule has 1 aliphatic heterocycles. The monoisotopic (exact) mass is 221 g/mol. The summed E-state index contributed by atoms with van der Waals surface area (Å²) < 4.78 is 11.0. The molecule has 1 heterocycles. The van der Waals surface area contributed by atoms with E-state index in [4.69, 9.17) is 21.1 Å². The maximum absolute atomic E-state index is 5.72. The largest absolute Gasteiger partial charge is 0.486 e. The minimum Gasteiger partial charge on any atom is -0.486 e. The molecule has 2 rings (SSSR count). The van der Waals surface area contributed by atoms with Crippen molar-refractivity contribution in [3.63, 3.8) is 0 Å². The number of hydrogen-bond donors (Lipinski definition) is 2. The van der Waals surface area contributed by atoms with Crippen LogP contribution < -0.4 is 21.1 Å². The van der Waals surface area contributed by atoms with Crippen LogP contribution in [0.2, 0.25) is 0 Å². The molecule has 5 heteroatoms. The molecular formula is C11H15N3O2. The molecule has 0 radical (unpaired) electrons. The van der Waals surface area contributed by atoms with Crippen molar-refractivity contribution in [3.8, 4) is 11.5 Å². The van der Waals surface area contributed by atoms with E-state index in [1.807, 2.05) is 18.2 Å². The molecule has 0 aliphatic carbocycles. The normalized spacial score (nSPS) is 14.1. The minimum absolute atomic E-state index is 0.528. The summed E-state index contributed by atoms with van der Waals surface area (Å²) in [6.45, 7) is 1.69. The molecule has 4 N–H and O–H groups in total. The third kappa shape index (κ3) is 2.20. The van der Waals surface area contributed by atoms with Crippen molar-refractivity contribution in [1.29, 1.82) is 0 Å². The standard InChI is InChI=1S/C11H15N3O2/c12-4-5-14(13)8-9-2-1-3-10-11(9)16-7-6-15-10/h1-5H,6-8,12-13H2/b5-4-. The molecule has 0 saturated heterocycles. The maximum atomic E-state index is 5.72. The van der Waals surface area contributed by atoms with Crippen LogP contribution in [0.25, 0.3) is 0 Å². The highest BCUT2D eigenvalue weighted by molar-refractivity contribution is 5.47. The Morgan fingerprint density at radius 2 is 2.12 bits per heavy atom. The van der Waals surface area contributed by atoms with Gasteiger partial charge in [0, 0.05) is 18.0 Å². The summed E-state index contributed by atoms with van der Waals surface area (Å²) in [4.78, 5) is 0. The zero-order chi connectivity index (χ0) is 11.4. The number of ether oxygens (including phenoxy) is 2. The first kappa shape index (κ1) is 10.6. The topological polar surface area (TPSA) is 73.7 Å². The summed E-state index contributed by atoms with van der Waals surface area (Å²) in [6.07, 6.45) is 3.00. The van der Waals surface area contributed by atoms with E-state index in [0.29, 0.717) is 19.8 Å². The van der Waals surface area contributed by atoms with Gasteiger partial charge in [-0.3, -0.25) is 0 Å². The van der Waals surface area contributed by atoms with Gasteiger partial charge in [-0.2, -0.15) is 0 Å². The van der Waals surface area contributed by atoms with Crippen molar-refractivity contribution in [2.45, 2.75) is 6.54 Å². The SMILES string of the molecule is N/C=C\N(N)Cc1cccc2c1OCCO2. The van der Waals surface area contributed by atoms with Crippen LogP contribution in [0.15, 0.2) is 30.6 Å². The van der Waals surface area contributed by atoms with Crippen molar-refractivity contribution in [1.82, 2.24) is 5.01 Å². The molecule has 86 valence electrons. The molecule has 1 aliphatic rings. The fourth-order valence-electron chi connectivity index (χ4n) is 1.62. The second-order valence-electron chi connectivity index (χ2n) is 3.46. The highest BCUT2D eigenvalue weighted by atomic mass is 16.6. The van der Waals surface area contributed by atoms with E-state index in [-0.39, 0.29) is 0 Å². The van der Waals surface area contributed by atoms with Gasteiger partial charge < -0.3 is 20.2 Å². The zero-order valence-electron chi connectivity index (χ0n) is 8.93. The van der Waals surface area contributed by atoms with Crippen LogP contribution in [-0.4, -0.2) is 18.2 Å². The van der Waals surface area contributed by atoms with Gasteiger partial charge in [-0.1, -0.05) is 12.1 Å².